The summed E-state index contributed by atoms with van der Waals surface area (Å²) in [5.41, 5.74) is -0.965. The van der Waals surface area contributed by atoms with E-state index in [1.165, 1.54) is 11.0 Å². The molecular formula is C12H16N4O4. The molecule has 1 aromatic heterocycles. The van der Waals surface area contributed by atoms with Crippen LogP contribution in [-0.4, -0.2) is 45.8 Å². The molecule has 20 heavy (non-hydrogen) atoms. The second-order valence-electron chi connectivity index (χ2n) is 4.59. The molecule has 1 aliphatic heterocycles. The number of carbonyl (C=O) groups is 2. The normalized spacial score (nSPS) is 18.8. The molecule has 8 heteroatoms. The van der Waals surface area contributed by atoms with Crippen molar-refractivity contribution in [1.29, 1.82) is 0 Å². The minimum Gasteiger partial charge on any atom is -0.353 e. The van der Waals surface area contributed by atoms with Gasteiger partial charge < -0.3 is 15.2 Å². The highest BCUT2D eigenvalue weighted by Crippen LogP contribution is 2.10. The lowest BCUT2D eigenvalue weighted by atomic mass is 10.1. The average molecular weight is 280 g/mol. The summed E-state index contributed by atoms with van der Waals surface area (Å²) >= 11 is 0. The van der Waals surface area contributed by atoms with Crippen molar-refractivity contribution in [2.75, 3.05) is 13.1 Å². The second kappa shape index (κ2) is 5.72. The molecule has 1 aliphatic rings. The third-order valence-corrected chi connectivity index (χ3v) is 3.20. The van der Waals surface area contributed by atoms with E-state index in [1.54, 1.807) is 0 Å². The number of H-pyrrole nitrogens is 2. The summed E-state index contributed by atoms with van der Waals surface area (Å²) in [7, 11) is 0. The molecule has 1 atom stereocenters. The largest absolute Gasteiger partial charge is 0.353 e. The Morgan fingerprint density at radius 3 is 2.75 bits per heavy atom. The van der Waals surface area contributed by atoms with Crippen molar-refractivity contribution in [3.05, 3.63) is 32.6 Å². The van der Waals surface area contributed by atoms with Crippen LogP contribution in [0.3, 0.4) is 0 Å². The third kappa shape index (κ3) is 2.95. The lowest BCUT2D eigenvalue weighted by Gasteiger charge is -2.34. The highest BCUT2D eigenvalue weighted by atomic mass is 16.2. The van der Waals surface area contributed by atoms with E-state index in [9.17, 15) is 19.2 Å². The van der Waals surface area contributed by atoms with Gasteiger partial charge in [0.1, 0.15) is 6.04 Å². The van der Waals surface area contributed by atoms with Crippen molar-refractivity contribution in [2.45, 2.75) is 25.8 Å². The maximum Gasteiger partial charge on any atom is 0.325 e. The van der Waals surface area contributed by atoms with Crippen molar-refractivity contribution in [1.82, 2.24) is 20.2 Å². The molecule has 2 heterocycles. The number of piperazine rings is 1. The molecule has 2 amide bonds. The monoisotopic (exact) mass is 280 g/mol. The Hall–Kier alpha value is -2.38. The number of hydrogen-bond donors (Lipinski definition) is 3. The predicted molar refractivity (Wildman–Crippen MR) is 70.2 cm³/mol. The van der Waals surface area contributed by atoms with E-state index < -0.39 is 17.3 Å². The maximum absolute atomic E-state index is 12.2. The van der Waals surface area contributed by atoms with Crippen molar-refractivity contribution in [3.63, 3.8) is 0 Å². The first kappa shape index (κ1) is 14.0. The van der Waals surface area contributed by atoms with Gasteiger partial charge in [0.15, 0.2) is 0 Å². The lowest BCUT2D eigenvalue weighted by molar-refractivity contribution is -0.142. The van der Waals surface area contributed by atoms with E-state index in [1.807, 2.05) is 11.9 Å². The smallest absolute Gasteiger partial charge is 0.325 e. The number of nitrogens with one attached hydrogen (secondary N) is 3. The average Bonchev–Trinajstić information content (AvgIpc) is 2.37. The molecule has 0 aromatic carbocycles. The van der Waals surface area contributed by atoms with E-state index in [-0.39, 0.29) is 23.9 Å². The van der Waals surface area contributed by atoms with E-state index >= 15 is 0 Å². The lowest BCUT2D eigenvalue weighted by Crippen LogP contribution is -2.57. The summed E-state index contributed by atoms with van der Waals surface area (Å²) < 4.78 is 0. The van der Waals surface area contributed by atoms with E-state index in [2.05, 4.69) is 10.3 Å². The number of aromatic amines is 2. The standard InChI is InChI=1S/C12H16N4O4/c1-2-8-11(19)13-3-4-16(8)10(18)6-7-5-9(17)15-12(20)14-7/h5,8H,2-4,6H2,1H3,(H,13,19)(H2,14,15,17,20). The SMILES string of the molecule is CCC1C(=O)NCCN1C(=O)Cc1cc(=O)[nH]c(=O)[nH]1. The van der Waals surface area contributed by atoms with Crippen LogP contribution in [-0.2, 0) is 16.0 Å². The van der Waals surface area contributed by atoms with E-state index in [4.69, 9.17) is 0 Å². The molecule has 1 unspecified atom stereocenters. The minimum atomic E-state index is -0.649. The Kier molecular flexibility index (Phi) is 4.02. The van der Waals surface area contributed by atoms with Crippen LogP contribution < -0.4 is 16.6 Å². The Balaban J connectivity index is 2.16. The van der Waals surface area contributed by atoms with Gasteiger partial charge in [-0.3, -0.25) is 19.4 Å². The Labute approximate surface area is 114 Å². The van der Waals surface area contributed by atoms with Gasteiger partial charge >= 0.3 is 5.69 Å². The van der Waals surface area contributed by atoms with Gasteiger partial charge in [-0.1, -0.05) is 6.92 Å². The summed E-state index contributed by atoms with van der Waals surface area (Å²) in [6.45, 7) is 2.66. The first-order chi connectivity index (χ1) is 9.51. The molecule has 1 saturated heterocycles. The van der Waals surface area contributed by atoms with Crippen LogP contribution in [0.25, 0.3) is 0 Å². The zero-order valence-electron chi connectivity index (χ0n) is 11.1. The first-order valence-electron chi connectivity index (χ1n) is 6.41. The van der Waals surface area contributed by atoms with Gasteiger partial charge in [0.2, 0.25) is 11.8 Å². The molecule has 0 bridgehead atoms. The fourth-order valence-electron chi connectivity index (χ4n) is 2.30. The summed E-state index contributed by atoms with van der Waals surface area (Å²) in [4.78, 5) is 52.1. The molecule has 0 saturated carbocycles. The van der Waals surface area contributed by atoms with Crippen molar-refractivity contribution in [2.24, 2.45) is 0 Å². The summed E-state index contributed by atoms with van der Waals surface area (Å²) in [5.74, 6) is -0.459. The fourth-order valence-corrected chi connectivity index (χ4v) is 2.30. The first-order valence-corrected chi connectivity index (χ1v) is 6.41. The Morgan fingerprint density at radius 1 is 1.35 bits per heavy atom. The van der Waals surface area contributed by atoms with Gasteiger partial charge in [-0.25, -0.2) is 4.79 Å². The van der Waals surface area contributed by atoms with E-state index in [0.29, 0.717) is 19.5 Å². The van der Waals surface area contributed by atoms with E-state index in [0.717, 1.165) is 0 Å². The number of hydrogen-bond acceptors (Lipinski definition) is 4. The van der Waals surface area contributed by atoms with Crippen molar-refractivity contribution >= 4 is 11.8 Å². The van der Waals surface area contributed by atoms with Crippen LogP contribution in [0.2, 0.25) is 0 Å². The molecule has 0 aliphatic carbocycles. The van der Waals surface area contributed by atoms with Gasteiger partial charge in [-0.05, 0) is 6.42 Å². The second-order valence-corrected chi connectivity index (χ2v) is 4.59. The van der Waals surface area contributed by atoms with Gasteiger partial charge in [-0.15, -0.1) is 0 Å². The predicted octanol–water partition coefficient (Wildman–Crippen LogP) is -1.66. The van der Waals surface area contributed by atoms with Crippen LogP contribution in [0.15, 0.2) is 15.7 Å². The Morgan fingerprint density at radius 2 is 2.10 bits per heavy atom. The molecule has 1 aromatic rings. The molecule has 1 fully saturated rings. The zero-order chi connectivity index (χ0) is 14.7. The number of rotatable bonds is 3. The third-order valence-electron chi connectivity index (χ3n) is 3.20. The van der Waals surface area contributed by atoms with Crippen LogP contribution in [0.1, 0.15) is 19.0 Å². The molecular weight excluding hydrogens is 264 g/mol. The molecule has 8 nitrogen and oxygen atoms in total. The molecule has 2 rings (SSSR count). The molecule has 0 spiro atoms. The number of nitrogens with zero attached hydrogens (tertiary/aromatic N) is 1. The van der Waals surface area contributed by atoms with Crippen LogP contribution >= 0.6 is 0 Å². The summed E-state index contributed by atoms with van der Waals surface area (Å²) in [6, 6.07) is 0.676. The van der Waals surface area contributed by atoms with Gasteiger partial charge in [0.25, 0.3) is 5.56 Å². The fraction of sp³-hybridized carbons (Fsp3) is 0.500. The quantitative estimate of drug-likeness (QED) is 0.614. The number of aromatic nitrogens is 2. The summed E-state index contributed by atoms with van der Waals surface area (Å²) in [5, 5.41) is 2.70. The Bertz CT molecular complexity index is 605. The van der Waals surface area contributed by atoms with Crippen molar-refractivity contribution in [3.8, 4) is 0 Å². The highest BCUT2D eigenvalue weighted by Gasteiger charge is 2.31. The number of amides is 2. The topological polar surface area (TPSA) is 115 Å². The maximum atomic E-state index is 12.2. The molecule has 0 radical (unpaired) electrons. The van der Waals surface area contributed by atoms with Crippen molar-refractivity contribution < 1.29 is 9.59 Å². The molecule has 108 valence electrons. The van der Waals surface area contributed by atoms with Crippen LogP contribution in [0, 0.1) is 0 Å². The van der Waals surface area contributed by atoms with Gasteiger partial charge in [-0.2, -0.15) is 0 Å². The zero-order valence-corrected chi connectivity index (χ0v) is 11.1. The minimum absolute atomic E-state index is 0.108. The highest BCUT2D eigenvalue weighted by molar-refractivity contribution is 5.89. The summed E-state index contributed by atoms with van der Waals surface area (Å²) in [6.07, 6.45) is 0.409. The molecule has 3 N–H and O–H groups in total. The van der Waals surface area contributed by atoms with Crippen LogP contribution in [0.4, 0.5) is 0 Å². The van der Waals surface area contributed by atoms with Crippen LogP contribution in [0.5, 0.6) is 0 Å². The number of carbonyl (C=O) groups excluding carboxylic acids is 2. The van der Waals surface area contributed by atoms with Gasteiger partial charge in [0, 0.05) is 24.8 Å². The van der Waals surface area contributed by atoms with Gasteiger partial charge in [0.05, 0.1) is 6.42 Å².